The van der Waals surface area contributed by atoms with E-state index in [1.165, 1.54) is 0 Å². The van der Waals surface area contributed by atoms with Crippen LogP contribution in [0.4, 0.5) is 8.78 Å². The van der Waals surface area contributed by atoms with Gasteiger partial charge in [-0.2, -0.15) is 0 Å². The Balaban J connectivity index is 2.68. The largest absolute Gasteiger partial charge is 0.481 e. The Bertz CT molecular complexity index is 352. The Labute approximate surface area is 100 Å². The van der Waals surface area contributed by atoms with Gasteiger partial charge < -0.3 is 5.11 Å². The molecule has 1 atom stereocenters. The third kappa shape index (κ3) is 4.26. The van der Waals surface area contributed by atoms with Crippen molar-refractivity contribution >= 4 is 21.9 Å². The van der Waals surface area contributed by atoms with Crippen LogP contribution in [0.25, 0.3) is 0 Å². The van der Waals surface area contributed by atoms with Crippen molar-refractivity contribution < 1.29 is 18.7 Å². The molecule has 0 saturated heterocycles. The highest BCUT2D eigenvalue weighted by Crippen LogP contribution is 2.18. The summed E-state index contributed by atoms with van der Waals surface area (Å²) in [5, 5.41) is 8.80. The van der Waals surface area contributed by atoms with Crippen LogP contribution < -0.4 is 0 Å². The monoisotopic (exact) mass is 292 g/mol. The van der Waals surface area contributed by atoms with E-state index in [1.54, 1.807) is 24.3 Å². The first-order chi connectivity index (χ1) is 7.49. The summed E-state index contributed by atoms with van der Waals surface area (Å²) in [5.74, 6) is -2.20. The molecule has 0 aliphatic carbocycles. The smallest absolute Gasteiger partial charge is 0.307 e. The van der Waals surface area contributed by atoms with E-state index in [4.69, 9.17) is 5.11 Å². The fraction of sp³-hybridized carbons (Fsp3) is 0.364. The van der Waals surface area contributed by atoms with Crippen LogP contribution in [0.5, 0.6) is 0 Å². The predicted octanol–water partition coefficient (Wildman–Crippen LogP) is 3.35. The van der Waals surface area contributed by atoms with Gasteiger partial charge in [0.25, 0.3) is 0 Å². The molecule has 0 aromatic heterocycles. The van der Waals surface area contributed by atoms with Crippen molar-refractivity contribution in [1.29, 1.82) is 0 Å². The van der Waals surface area contributed by atoms with Gasteiger partial charge in [0.15, 0.2) is 0 Å². The van der Waals surface area contributed by atoms with Gasteiger partial charge >= 0.3 is 5.97 Å². The fourth-order valence-electron chi connectivity index (χ4n) is 1.39. The topological polar surface area (TPSA) is 37.3 Å². The van der Waals surface area contributed by atoms with Gasteiger partial charge in [-0.05, 0) is 24.1 Å². The number of aliphatic carboxylic acids is 1. The van der Waals surface area contributed by atoms with Crippen molar-refractivity contribution in [2.24, 2.45) is 5.92 Å². The summed E-state index contributed by atoms with van der Waals surface area (Å²) >= 11 is 3.24. The number of halogens is 3. The van der Waals surface area contributed by atoms with Crippen molar-refractivity contribution in [2.75, 3.05) is 0 Å². The van der Waals surface area contributed by atoms with E-state index in [0.29, 0.717) is 0 Å². The SMILES string of the molecule is O=C(O)C(Cc1ccc(Br)cc1)CC(F)F. The fourth-order valence-corrected chi connectivity index (χ4v) is 1.66. The number of hydrogen-bond acceptors (Lipinski definition) is 1. The zero-order valence-electron chi connectivity index (χ0n) is 8.37. The Morgan fingerprint density at radius 3 is 2.31 bits per heavy atom. The lowest BCUT2D eigenvalue weighted by Gasteiger charge is -2.11. The van der Waals surface area contributed by atoms with E-state index in [1.807, 2.05) is 0 Å². The Morgan fingerprint density at radius 2 is 1.88 bits per heavy atom. The molecule has 0 amide bonds. The molecule has 1 rings (SSSR count). The third-order valence-corrected chi connectivity index (χ3v) is 2.74. The minimum atomic E-state index is -2.59. The van der Waals surface area contributed by atoms with E-state index in [0.717, 1.165) is 10.0 Å². The summed E-state index contributed by atoms with van der Waals surface area (Å²) in [4.78, 5) is 10.8. The molecule has 16 heavy (non-hydrogen) atoms. The van der Waals surface area contributed by atoms with Crippen LogP contribution in [0.1, 0.15) is 12.0 Å². The summed E-state index contributed by atoms with van der Waals surface area (Å²) in [6.45, 7) is 0. The lowest BCUT2D eigenvalue weighted by atomic mass is 9.96. The second-order valence-electron chi connectivity index (χ2n) is 3.49. The van der Waals surface area contributed by atoms with Crippen molar-refractivity contribution in [2.45, 2.75) is 19.3 Å². The summed E-state index contributed by atoms with van der Waals surface area (Å²) in [5.41, 5.74) is 0.747. The quantitative estimate of drug-likeness (QED) is 0.904. The van der Waals surface area contributed by atoms with Gasteiger partial charge in [-0.1, -0.05) is 28.1 Å². The predicted molar refractivity (Wildman–Crippen MR) is 59.6 cm³/mol. The van der Waals surface area contributed by atoms with Crippen molar-refractivity contribution in [3.05, 3.63) is 34.3 Å². The average molecular weight is 293 g/mol. The first-order valence-corrected chi connectivity index (χ1v) is 5.53. The molecule has 0 aliphatic rings. The molecule has 5 heteroatoms. The molecule has 0 aliphatic heterocycles. The number of alkyl halides is 2. The standard InChI is InChI=1S/C11H11BrF2O2/c12-9-3-1-7(2-4-9)5-8(11(15)16)6-10(13)14/h1-4,8,10H,5-6H2,(H,15,16). The molecule has 0 radical (unpaired) electrons. The molecule has 1 aromatic carbocycles. The van der Waals surface area contributed by atoms with Crippen molar-refractivity contribution in [1.82, 2.24) is 0 Å². The highest BCUT2D eigenvalue weighted by atomic mass is 79.9. The lowest BCUT2D eigenvalue weighted by molar-refractivity contribution is -0.143. The molecule has 0 heterocycles. The third-order valence-electron chi connectivity index (χ3n) is 2.21. The number of hydrogen-bond donors (Lipinski definition) is 1. The van der Waals surface area contributed by atoms with Crippen LogP contribution in [0.2, 0.25) is 0 Å². The van der Waals surface area contributed by atoms with Gasteiger partial charge in [0.1, 0.15) is 0 Å². The zero-order valence-corrected chi connectivity index (χ0v) is 9.95. The second kappa shape index (κ2) is 5.94. The molecule has 0 bridgehead atoms. The van der Waals surface area contributed by atoms with Crippen LogP contribution in [0.15, 0.2) is 28.7 Å². The van der Waals surface area contributed by atoms with Crippen LogP contribution in [0.3, 0.4) is 0 Å². The number of carbonyl (C=O) groups is 1. The first-order valence-electron chi connectivity index (χ1n) is 4.74. The molecule has 0 fully saturated rings. The first kappa shape index (κ1) is 13.1. The number of carboxylic acids is 1. The van der Waals surface area contributed by atoms with Gasteiger partial charge in [0, 0.05) is 10.9 Å². The maximum Gasteiger partial charge on any atom is 0.307 e. The second-order valence-corrected chi connectivity index (χ2v) is 4.41. The van der Waals surface area contributed by atoms with Crippen LogP contribution in [0, 0.1) is 5.92 Å². The molecular weight excluding hydrogens is 282 g/mol. The molecule has 1 unspecified atom stereocenters. The van der Waals surface area contributed by atoms with E-state index in [9.17, 15) is 13.6 Å². The van der Waals surface area contributed by atoms with E-state index < -0.39 is 24.7 Å². The summed E-state index contributed by atoms with van der Waals surface area (Å²) in [6, 6.07) is 6.98. The van der Waals surface area contributed by atoms with Gasteiger partial charge in [0.2, 0.25) is 6.43 Å². The van der Waals surface area contributed by atoms with Gasteiger partial charge in [-0.3, -0.25) is 4.79 Å². The Morgan fingerprint density at radius 1 is 1.31 bits per heavy atom. The van der Waals surface area contributed by atoms with Gasteiger partial charge in [0.05, 0.1) is 5.92 Å². The minimum absolute atomic E-state index is 0.132. The molecule has 1 N–H and O–H groups in total. The highest BCUT2D eigenvalue weighted by molar-refractivity contribution is 9.10. The highest BCUT2D eigenvalue weighted by Gasteiger charge is 2.22. The Kier molecular flexibility index (Phi) is 4.86. The van der Waals surface area contributed by atoms with Crippen molar-refractivity contribution in [3.63, 3.8) is 0 Å². The molecular formula is C11H11BrF2O2. The van der Waals surface area contributed by atoms with Crippen LogP contribution in [-0.2, 0) is 11.2 Å². The average Bonchev–Trinajstić information content (AvgIpc) is 2.19. The zero-order chi connectivity index (χ0) is 12.1. The molecule has 0 spiro atoms. The summed E-state index contributed by atoms with van der Waals surface area (Å²) in [7, 11) is 0. The number of carboxylic acid groups (broad SMARTS) is 1. The lowest BCUT2D eigenvalue weighted by Crippen LogP contribution is -2.19. The van der Waals surface area contributed by atoms with E-state index >= 15 is 0 Å². The number of benzene rings is 1. The van der Waals surface area contributed by atoms with E-state index in [2.05, 4.69) is 15.9 Å². The Hall–Kier alpha value is -0.970. The van der Waals surface area contributed by atoms with E-state index in [-0.39, 0.29) is 6.42 Å². The summed E-state index contributed by atoms with van der Waals surface area (Å²) < 4.78 is 25.2. The number of rotatable bonds is 5. The minimum Gasteiger partial charge on any atom is -0.481 e. The molecule has 88 valence electrons. The maximum absolute atomic E-state index is 12.1. The molecule has 0 saturated carbocycles. The van der Waals surface area contributed by atoms with Gasteiger partial charge in [-0.25, -0.2) is 8.78 Å². The normalized spacial score (nSPS) is 12.8. The van der Waals surface area contributed by atoms with Crippen molar-refractivity contribution in [3.8, 4) is 0 Å². The van der Waals surface area contributed by atoms with Crippen LogP contribution >= 0.6 is 15.9 Å². The molecule has 1 aromatic rings. The maximum atomic E-state index is 12.1. The van der Waals surface area contributed by atoms with Crippen LogP contribution in [-0.4, -0.2) is 17.5 Å². The molecule has 2 nitrogen and oxygen atoms in total. The van der Waals surface area contributed by atoms with Gasteiger partial charge in [-0.15, -0.1) is 0 Å². The summed E-state index contributed by atoms with van der Waals surface area (Å²) in [6.07, 6.45) is -3.06.